The summed E-state index contributed by atoms with van der Waals surface area (Å²) in [6.07, 6.45) is 0.705. The summed E-state index contributed by atoms with van der Waals surface area (Å²) in [5.41, 5.74) is 1.03. The van der Waals surface area contributed by atoms with Gasteiger partial charge >= 0.3 is 0 Å². The van der Waals surface area contributed by atoms with Crippen molar-refractivity contribution < 1.29 is 19.1 Å². The largest absolute Gasteiger partial charge is 0.493 e. The van der Waals surface area contributed by atoms with Crippen molar-refractivity contribution in [2.24, 2.45) is 0 Å². The van der Waals surface area contributed by atoms with Crippen LogP contribution in [0.1, 0.15) is 10.4 Å². The molecule has 2 aromatic carbocycles. The lowest BCUT2D eigenvalue weighted by Gasteiger charge is -2.11. The SMILES string of the molecule is COc1cc(C=O)ccc1OCC(=O)Nc1ccc(Br)c(Cl)c1. The van der Waals surface area contributed by atoms with Gasteiger partial charge in [0.2, 0.25) is 0 Å². The first-order valence-electron chi connectivity index (χ1n) is 6.54. The molecular weight excluding hydrogens is 386 g/mol. The second kappa shape index (κ2) is 7.99. The number of carbonyl (C=O) groups is 2. The second-order valence-electron chi connectivity index (χ2n) is 4.49. The number of halogens is 2. The van der Waals surface area contributed by atoms with E-state index in [9.17, 15) is 9.59 Å². The van der Waals surface area contributed by atoms with Crippen LogP contribution in [0.3, 0.4) is 0 Å². The summed E-state index contributed by atoms with van der Waals surface area (Å²) in [5.74, 6) is 0.418. The van der Waals surface area contributed by atoms with Crippen LogP contribution in [-0.4, -0.2) is 25.9 Å². The molecule has 1 N–H and O–H groups in total. The van der Waals surface area contributed by atoms with E-state index in [2.05, 4.69) is 21.2 Å². The highest BCUT2D eigenvalue weighted by atomic mass is 79.9. The zero-order chi connectivity index (χ0) is 16.8. The van der Waals surface area contributed by atoms with Gasteiger partial charge in [-0.2, -0.15) is 0 Å². The predicted octanol–water partition coefficient (Wildman–Crippen LogP) is 3.94. The van der Waals surface area contributed by atoms with Crippen LogP contribution in [0, 0.1) is 0 Å². The van der Waals surface area contributed by atoms with Crippen molar-refractivity contribution in [3.8, 4) is 11.5 Å². The minimum Gasteiger partial charge on any atom is -0.493 e. The van der Waals surface area contributed by atoms with Crippen molar-refractivity contribution in [1.29, 1.82) is 0 Å². The van der Waals surface area contributed by atoms with Crippen molar-refractivity contribution >= 4 is 45.4 Å². The molecule has 120 valence electrons. The number of hydrogen-bond acceptors (Lipinski definition) is 4. The first-order chi connectivity index (χ1) is 11.0. The first kappa shape index (κ1) is 17.3. The van der Waals surface area contributed by atoms with E-state index >= 15 is 0 Å². The minimum atomic E-state index is -0.343. The number of amides is 1. The summed E-state index contributed by atoms with van der Waals surface area (Å²) in [4.78, 5) is 22.6. The van der Waals surface area contributed by atoms with Crippen molar-refractivity contribution in [2.45, 2.75) is 0 Å². The van der Waals surface area contributed by atoms with Crippen LogP contribution in [0.2, 0.25) is 5.02 Å². The number of ether oxygens (including phenoxy) is 2. The molecule has 7 heteroatoms. The Morgan fingerprint density at radius 2 is 2.04 bits per heavy atom. The van der Waals surface area contributed by atoms with Gasteiger partial charge in [-0.15, -0.1) is 0 Å². The van der Waals surface area contributed by atoms with Crippen molar-refractivity contribution in [1.82, 2.24) is 0 Å². The molecule has 0 aliphatic rings. The molecule has 0 aromatic heterocycles. The van der Waals surface area contributed by atoms with Crippen LogP contribution in [0.25, 0.3) is 0 Å². The van der Waals surface area contributed by atoms with Gasteiger partial charge < -0.3 is 14.8 Å². The second-order valence-corrected chi connectivity index (χ2v) is 5.76. The third-order valence-electron chi connectivity index (χ3n) is 2.89. The van der Waals surface area contributed by atoms with Gasteiger partial charge in [-0.05, 0) is 52.3 Å². The number of hydrogen-bond donors (Lipinski definition) is 1. The van der Waals surface area contributed by atoms with E-state index in [1.165, 1.54) is 13.2 Å². The van der Waals surface area contributed by atoms with Crippen LogP contribution < -0.4 is 14.8 Å². The topological polar surface area (TPSA) is 64.6 Å². The highest BCUT2D eigenvalue weighted by molar-refractivity contribution is 9.10. The maximum atomic E-state index is 11.9. The summed E-state index contributed by atoms with van der Waals surface area (Å²) in [6, 6.07) is 9.77. The van der Waals surface area contributed by atoms with Gasteiger partial charge in [-0.25, -0.2) is 0 Å². The molecule has 1 amide bonds. The fourth-order valence-corrected chi connectivity index (χ4v) is 2.22. The van der Waals surface area contributed by atoms with Gasteiger partial charge in [-0.3, -0.25) is 9.59 Å². The fraction of sp³-hybridized carbons (Fsp3) is 0.125. The molecule has 0 atom stereocenters. The molecule has 0 aliphatic heterocycles. The number of methoxy groups -OCH3 is 1. The number of carbonyl (C=O) groups excluding carboxylic acids is 2. The Morgan fingerprint density at radius 1 is 1.26 bits per heavy atom. The molecule has 0 aliphatic carbocycles. The molecule has 2 rings (SSSR count). The Bertz CT molecular complexity index is 736. The zero-order valence-electron chi connectivity index (χ0n) is 12.1. The smallest absolute Gasteiger partial charge is 0.262 e. The average molecular weight is 399 g/mol. The van der Waals surface area contributed by atoms with Gasteiger partial charge in [-0.1, -0.05) is 11.6 Å². The maximum absolute atomic E-state index is 11.9. The molecule has 5 nitrogen and oxygen atoms in total. The lowest BCUT2D eigenvalue weighted by atomic mass is 10.2. The van der Waals surface area contributed by atoms with Crippen LogP contribution in [-0.2, 0) is 4.79 Å². The normalized spacial score (nSPS) is 10.0. The van der Waals surface area contributed by atoms with E-state index in [1.807, 2.05) is 0 Å². The van der Waals surface area contributed by atoms with Crippen molar-refractivity contribution in [2.75, 3.05) is 19.0 Å². The minimum absolute atomic E-state index is 0.204. The molecule has 2 aromatic rings. The zero-order valence-corrected chi connectivity index (χ0v) is 14.5. The number of anilines is 1. The van der Waals surface area contributed by atoms with Gasteiger partial charge in [0.25, 0.3) is 5.91 Å². The lowest BCUT2D eigenvalue weighted by molar-refractivity contribution is -0.118. The maximum Gasteiger partial charge on any atom is 0.262 e. The number of benzene rings is 2. The van der Waals surface area contributed by atoms with Gasteiger partial charge in [0.05, 0.1) is 12.1 Å². The van der Waals surface area contributed by atoms with E-state index in [1.54, 1.807) is 30.3 Å². The molecule has 0 unspecified atom stereocenters. The average Bonchev–Trinajstić information content (AvgIpc) is 2.56. The van der Waals surface area contributed by atoms with Crippen LogP contribution in [0.15, 0.2) is 40.9 Å². The first-order valence-corrected chi connectivity index (χ1v) is 7.71. The van der Waals surface area contributed by atoms with Crippen molar-refractivity contribution in [3.05, 3.63) is 51.5 Å². The highest BCUT2D eigenvalue weighted by Gasteiger charge is 2.09. The Hall–Kier alpha value is -2.05. The summed E-state index contributed by atoms with van der Waals surface area (Å²) < 4.78 is 11.3. The molecular formula is C16H13BrClNO4. The standard InChI is InChI=1S/C16H13BrClNO4/c1-22-15-6-10(8-20)2-5-14(15)23-9-16(21)19-11-3-4-12(17)13(18)7-11/h2-8H,9H2,1H3,(H,19,21). The van der Waals surface area contributed by atoms with Crippen LogP contribution in [0.4, 0.5) is 5.69 Å². The van der Waals surface area contributed by atoms with Crippen LogP contribution >= 0.6 is 27.5 Å². The Kier molecular flexibility index (Phi) is 6.01. The highest BCUT2D eigenvalue weighted by Crippen LogP contribution is 2.28. The summed E-state index contributed by atoms with van der Waals surface area (Å²) >= 11 is 9.24. The molecule has 0 heterocycles. The third-order valence-corrected chi connectivity index (χ3v) is 4.12. The molecule has 0 radical (unpaired) electrons. The third kappa shape index (κ3) is 4.71. The molecule has 0 fully saturated rings. The molecule has 0 spiro atoms. The number of rotatable bonds is 6. The Morgan fingerprint density at radius 3 is 2.70 bits per heavy atom. The van der Waals surface area contributed by atoms with E-state index < -0.39 is 0 Å². The van der Waals surface area contributed by atoms with Crippen LogP contribution in [0.5, 0.6) is 11.5 Å². The van der Waals surface area contributed by atoms with E-state index in [0.717, 1.165) is 4.47 Å². The van der Waals surface area contributed by atoms with Gasteiger partial charge in [0.15, 0.2) is 18.1 Å². The number of aldehydes is 1. The Labute approximate surface area is 146 Å². The quantitative estimate of drug-likeness (QED) is 0.749. The van der Waals surface area contributed by atoms with Crippen molar-refractivity contribution in [3.63, 3.8) is 0 Å². The summed E-state index contributed by atoms with van der Waals surface area (Å²) in [6.45, 7) is -0.204. The molecule has 23 heavy (non-hydrogen) atoms. The summed E-state index contributed by atoms with van der Waals surface area (Å²) in [7, 11) is 1.46. The van der Waals surface area contributed by atoms with E-state index in [-0.39, 0.29) is 12.5 Å². The lowest BCUT2D eigenvalue weighted by Crippen LogP contribution is -2.20. The van der Waals surface area contributed by atoms with E-state index in [0.29, 0.717) is 34.1 Å². The molecule has 0 saturated heterocycles. The molecule has 0 saturated carbocycles. The van der Waals surface area contributed by atoms with Gasteiger partial charge in [0.1, 0.15) is 6.29 Å². The van der Waals surface area contributed by atoms with Gasteiger partial charge in [0, 0.05) is 15.7 Å². The molecule has 0 bridgehead atoms. The predicted molar refractivity (Wildman–Crippen MR) is 91.7 cm³/mol. The summed E-state index contributed by atoms with van der Waals surface area (Å²) in [5, 5.41) is 3.17. The fourth-order valence-electron chi connectivity index (χ4n) is 1.79. The number of nitrogens with one attached hydrogen (secondary N) is 1. The monoisotopic (exact) mass is 397 g/mol. The Balaban J connectivity index is 1.98. The van der Waals surface area contributed by atoms with E-state index in [4.69, 9.17) is 21.1 Å².